The van der Waals surface area contributed by atoms with E-state index in [1.165, 1.54) is 0 Å². The minimum atomic E-state index is 0.0370. The van der Waals surface area contributed by atoms with E-state index in [1.54, 1.807) is 12.1 Å². The number of rotatable bonds is 9. The topological polar surface area (TPSA) is 87.4 Å². The number of aliphatic hydroxyl groups excluding tert-OH is 2. The lowest BCUT2D eigenvalue weighted by molar-refractivity contribution is 0.215. The summed E-state index contributed by atoms with van der Waals surface area (Å²) in [6.07, 6.45) is 0. The molecule has 0 spiro atoms. The van der Waals surface area contributed by atoms with Gasteiger partial charge in [-0.2, -0.15) is 0 Å². The summed E-state index contributed by atoms with van der Waals surface area (Å²) in [7, 11) is 3.73. The number of hydrogen-bond donors (Lipinski definition) is 4. The molecule has 28 heavy (non-hydrogen) atoms. The van der Waals surface area contributed by atoms with E-state index in [0.717, 1.165) is 8.95 Å². The monoisotopic (exact) mass is 516 g/mol. The van der Waals surface area contributed by atoms with Gasteiger partial charge in [-0.1, -0.05) is 31.9 Å². The predicted molar refractivity (Wildman–Crippen MR) is 117 cm³/mol. The number of nitrogens with zero attached hydrogens (tertiary/aromatic N) is 2. The molecule has 2 rings (SSSR count). The number of aromatic hydroxyl groups is 2. The second-order valence-corrected chi connectivity index (χ2v) is 8.68. The Bertz CT molecular complexity index is 750. The lowest BCUT2D eigenvalue weighted by Gasteiger charge is -2.20. The molecule has 0 unspecified atom stereocenters. The Morgan fingerprint density at radius 3 is 1.39 bits per heavy atom. The molecule has 154 valence electrons. The molecule has 8 heteroatoms. The second kappa shape index (κ2) is 10.6. The highest BCUT2D eigenvalue weighted by atomic mass is 79.9. The van der Waals surface area contributed by atoms with Crippen molar-refractivity contribution in [2.24, 2.45) is 0 Å². The number of halogens is 2. The van der Waals surface area contributed by atoms with Gasteiger partial charge in [0.25, 0.3) is 0 Å². The van der Waals surface area contributed by atoms with E-state index in [4.69, 9.17) is 10.2 Å². The van der Waals surface area contributed by atoms with Crippen LogP contribution in [0.2, 0.25) is 0 Å². The zero-order valence-electron chi connectivity index (χ0n) is 16.0. The highest BCUT2D eigenvalue weighted by molar-refractivity contribution is 9.10. The van der Waals surface area contributed by atoms with Crippen LogP contribution in [0.3, 0.4) is 0 Å². The molecule has 0 saturated carbocycles. The largest absolute Gasteiger partial charge is 0.507 e. The molecule has 0 saturated heterocycles. The number of hydrogen-bond acceptors (Lipinski definition) is 6. The van der Waals surface area contributed by atoms with Gasteiger partial charge in [0.05, 0.1) is 13.2 Å². The Balaban J connectivity index is 2.49. The van der Waals surface area contributed by atoms with Gasteiger partial charge in [0.1, 0.15) is 11.5 Å². The number of likely N-dealkylation sites (N-methyl/N-ethyl adjacent to an activating group) is 2. The Morgan fingerprint density at radius 1 is 0.714 bits per heavy atom. The van der Waals surface area contributed by atoms with E-state index in [1.807, 2.05) is 36.0 Å². The van der Waals surface area contributed by atoms with E-state index >= 15 is 0 Å². The minimum Gasteiger partial charge on any atom is -0.507 e. The molecule has 0 heterocycles. The molecule has 0 fully saturated rings. The Kier molecular flexibility index (Phi) is 8.73. The molecule has 0 amide bonds. The standard InChI is InChI=1S/C20H26Br2N2O4/c1-23(3-5-25)11-13-7-15(21)9-17(19(13)27)18-10-16(22)8-14(20(18)28)12-24(2)4-6-26/h7-10,25-28H,3-6,11-12H2,1-2H3. The van der Waals surface area contributed by atoms with Gasteiger partial charge in [0, 0.05) is 57.4 Å². The van der Waals surface area contributed by atoms with Crippen molar-refractivity contribution < 1.29 is 20.4 Å². The van der Waals surface area contributed by atoms with Gasteiger partial charge in [-0.3, -0.25) is 9.80 Å². The van der Waals surface area contributed by atoms with Crippen molar-refractivity contribution in [2.75, 3.05) is 40.4 Å². The van der Waals surface area contributed by atoms with Crippen molar-refractivity contribution in [3.05, 3.63) is 44.3 Å². The van der Waals surface area contributed by atoms with Gasteiger partial charge in [0.15, 0.2) is 0 Å². The van der Waals surface area contributed by atoms with Crippen molar-refractivity contribution >= 4 is 31.9 Å². The summed E-state index contributed by atoms with van der Waals surface area (Å²) in [4.78, 5) is 3.81. The summed E-state index contributed by atoms with van der Waals surface area (Å²) in [5, 5.41) is 40.0. The fourth-order valence-electron chi connectivity index (χ4n) is 3.04. The van der Waals surface area contributed by atoms with Crippen LogP contribution in [0.15, 0.2) is 33.2 Å². The van der Waals surface area contributed by atoms with Crippen LogP contribution in [0, 0.1) is 0 Å². The number of phenolic OH excluding ortho intramolecular Hbond substituents is 2. The maximum absolute atomic E-state index is 10.9. The summed E-state index contributed by atoms with van der Waals surface area (Å²) in [5.74, 6) is 0.187. The molecule has 0 bridgehead atoms. The third kappa shape index (κ3) is 5.92. The summed E-state index contributed by atoms with van der Waals surface area (Å²) in [5.41, 5.74) is 2.43. The summed E-state index contributed by atoms with van der Waals surface area (Å²) in [6.45, 7) is 1.97. The van der Waals surface area contributed by atoms with Crippen LogP contribution >= 0.6 is 31.9 Å². The van der Waals surface area contributed by atoms with E-state index in [0.29, 0.717) is 48.4 Å². The smallest absolute Gasteiger partial charge is 0.128 e. The summed E-state index contributed by atoms with van der Waals surface area (Å²) >= 11 is 6.97. The molecule has 0 atom stereocenters. The zero-order chi connectivity index (χ0) is 20.8. The molecular weight excluding hydrogens is 492 g/mol. The quantitative estimate of drug-likeness (QED) is 0.409. The van der Waals surface area contributed by atoms with E-state index in [9.17, 15) is 10.2 Å². The maximum atomic E-state index is 10.9. The number of benzene rings is 2. The first-order valence-electron chi connectivity index (χ1n) is 8.88. The predicted octanol–water partition coefficient (Wildman–Crippen LogP) is 3.14. The minimum absolute atomic E-state index is 0.0370. The van der Waals surface area contributed by atoms with E-state index < -0.39 is 0 Å². The highest BCUT2D eigenvalue weighted by Crippen LogP contribution is 2.42. The van der Waals surface area contributed by atoms with Crippen molar-refractivity contribution in [3.8, 4) is 22.6 Å². The van der Waals surface area contributed by atoms with Crippen LogP contribution in [-0.4, -0.2) is 70.6 Å². The third-order valence-corrected chi connectivity index (χ3v) is 5.36. The van der Waals surface area contributed by atoms with Gasteiger partial charge in [-0.05, 0) is 38.4 Å². The van der Waals surface area contributed by atoms with Crippen molar-refractivity contribution in [2.45, 2.75) is 13.1 Å². The maximum Gasteiger partial charge on any atom is 0.128 e. The van der Waals surface area contributed by atoms with Crippen LogP contribution in [-0.2, 0) is 13.1 Å². The first kappa shape index (κ1) is 23.1. The molecule has 2 aromatic rings. The zero-order valence-corrected chi connectivity index (χ0v) is 19.2. The molecule has 2 aromatic carbocycles. The Labute approximate surface area is 182 Å². The fraction of sp³-hybridized carbons (Fsp3) is 0.400. The van der Waals surface area contributed by atoms with Crippen LogP contribution in [0.4, 0.5) is 0 Å². The van der Waals surface area contributed by atoms with Crippen LogP contribution in [0.25, 0.3) is 11.1 Å². The van der Waals surface area contributed by atoms with Crippen molar-refractivity contribution in [1.82, 2.24) is 9.80 Å². The van der Waals surface area contributed by atoms with E-state index in [-0.39, 0.29) is 24.7 Å². The van der Waals surface area contributed by atoms with E-state index in [2.05, 4.69) is 31.9 Å². The van der Waals surface area contributed by atoms with Crippen LogP contribution in [0.1, 0.15) is 11.1 Å². The highest BCUT2D eigenvalue weighted by Gasteiger charge is 2.18. The fourth-order valence-corrected chi connectivity index (χ4v) is 4.05. The summed E-state index contributed by atoms with van der Waals surface area (Å²) in [6, 6.07) is 7.20. The second-order valence-electron chi connectivity index (χ2n) is 6.84. The van der Waals surface area contributed by atoms with Gasteiger partial charge >= 0.3 is 0 Å². The lowest BCUT2D eigenvalue weighted by atomic mass is 9.97. The molecule has 6 nitrogen and oxygen atoms in total. The van der Waals surface area contributed by atoms with Gasteiger partial charge in [-0.25, -0.2) is 0 Å². The molecule has 0 aliphatic carbocycles. The SMILES string of the molecule is CN(CCO)Cc1cc(Br)cc(-c2cc(Br)cc(CN(C)CCO)c2O)c1O. The number of aliphatic hydroxyl groups is 2. The number of phenols is 2. The van der Waals surface area contributed by atoms with Gasteiger partial charge in [0.2, 0.25) is 0 Å². The third-order valence-electron chi connectivity index (χ3n) is 4.44. The Hall–Kier alpha value is -1.16. The molecule has 0 radical (unpaired) electrons. The summed E-state index contributed by atoms with van der Waals surface area (Å²) < 4.78 is 1.57. The molecule has 0 aromatic heterocycles. The lowest BCUT2D eigenvalue weighted by Crippen LogP contribution is -2.21. The van der Waals surface area contributed by atoms with Gasteiger partial charge in [-0.15, -0.1) is 0 Å². The normalized spacial score (nSPS) is 11.6. The molecule has 0 aliphatic heterocycles. The van der Waals surface area contributed by atoms with Crippen LogP contribution in [0.5, 0.6) is 11.5 Å². The molecular formula is C20H26Br2N2O4. The average Bonchev–Trinajstić information content (AvgIpc) is 2.61. The van der Waals surface area contributed by atoms with Crippen LogP contribution < -0.4 is 0 Å². The first-order valence-corrected chi connectivity index (χ1v) is 10.5. The molecule has 4 N–H and O–H groups in total. The van der Waals surface area contributed by atoms with Crippen molar-refractivity contribution in [3.63, 3.8) is 0 Å². The average molecular weight is 518 g/mol. The molecule has 0 aliphatic rings. The first-order chi connectivity index (χ1) is 13.3. The Morgan fingerprint density at radius 2 is 1.07 bits per heavy atom. The van der Waals surface area contributed by atoms with Crippen molar-refractivity contribution in [1.29, 1.82) is 0 Å². The van der Waals surface area contributed by atoms with Gasteiger partial charge < -0.3 is 20.4 Å².